The predicted octanol–water partition coefficient (Wildman–Crippen LogP) is 6.73. The van der Waals surface area contributed by atoms with E-state index in [2.05, 4.69) is 5.32 Å². The van der Waals surface area contributed by atoms with Crippen molar-refractivity contribution in [2.75, 3.05) is 11.9 Å². The van der Waals surface area contributed by atoms with E-state index in [0.717, 1.165) is 17.2 Å². The Morgan fingerprint density at radius 1 is 1.14 bits per heavy atom. The Balaban J connectivity index is 1.88. The first-order valence-corrected chi connectivity index (χ1v) is 11.5. The molecule has 0 bridgehead atoms. The van der Waals surface area contributed by atoms with E-state index in [0.29, 0.717) is 23.7 Å². The largest absolute Gasteiger partial charge is 0.490 e. The maximum atomic E-state index is 12.7. The quantitative estimate of drug-likeness (QED) is 0.143. The van der Waals surface area contributed by atoms with Gasteiger partial charge < -0.3 is 14.8 Å². The molecule has 3 aromatic rings. The van der Waals surface area contributed by atoms with Crippen LogP contribution < -0.4 is 14.8 Å². The summed E-state index contributed by atoms with van der Waals surface area (Å²) in [5.41, 5.74) is 1.95. The highest BCUT2D eigenvalue weighted by Crippen LogP contribution is 2.38. The zero-order chi connectivity index (χ0) is 26.2. The number of nitro groups is 1. The van der Waals surface area contributed by atoms with Crippen LogP contribution in [0.4, 0.5) is 11.4 Å². The van der Waals surface area contributed by atoms with Gasteiger partial charge in [0.05, 0.1) is 27.3 Å². The summed E-state index contributed by atoms with van der Waals surface area (Å²) in [4.78, 5) is 23.1. The summed E-state index contributed by atoms with van der Waals surface area (Å²) in [5.74, 6) is -0.108. The lowest BCUT2D eigenvalue weighted by atomic mass is 10.1. The maximum absolute atomic E-state index is 12.7. The number of nitriles is 1. The van der Waals surface area contributed by atoms with Gasteiger partial charge in [0.2, 0.25) is 0 Å². The van der Waals surface area contributed by atoms with Crippen LogP contribution in [0.3, 0.4) is 0 Å². The number of rotatable bonds is 9. The number of hydrogen-bond donors (Lipinski definition) is 1. The van der Waals surface area contributed by atoms with E-state index in [9.17, 15) is 20.2 Å². The number of aryl methyl sites for hydroxylation is 1. The van der Waals surface area contributed by atoms with Gasteiger partial charge in [-0.2, -0.15) is 5.26 Å². The third kappa shape index (κ3) is 6.54. The van der Waals surface area contributed by atoms with Crippen molar-refractivity contribution < 1.29 is 19.2 Å². The summed E-state index contributed by atoms with van der Waals surface area (Å²) >= 11 is 12.5. The van der Waals surface area contributed by atoms with Gasteiger partial charge >= 0.3 is 0 Å². The van der Waals surface area contributed by atoms with Gasteiger partial charge in [0.25, 0.3) is 11.6 Å². The number of non-ortho nitro benzene ring substituents is 1. The Morgan fingerprint density at radius 2 is 1.89 bits per heavy atom. The average Bonchev–Trinajstić information content (AvgIpc) is 2.84. The fraction of sp³-hybridized carbons (Fsp3) is 0.154. The minimum Gasteiger partial charge on any atom is -0.490 e. The van der Waals surface area contributed by atoms with Crippen LogP contribution in [0.1, 0.15) is 23.6 Å². The first-order chi connectivity index (χ1) is 17.2. The maximum Gasteiger partial charge on any atom is 0.271 e. The van der Waals surface area contributed by atoms with E-state index < -0.39 is 10.8 Å². The second kappa shape index (κ2) is 12.1. The Labute approximate surface area is 217 Å². The molecule has 0 saturated heterocycles. The molecule has 0 radical (unpaired) electrons. The van der Waals surface area contributed by atoms with Crippen molar-refractivity contribution in [1.82, 2.24) is 0 Å². The van der Waals surface area contributed by atoms with Crippen molar-refractivity contribution in [2.45, 2.75) is 20.5 Å². The number of carbonyl (C=O) groups is 1. The molecule has 3 rings (SSSR count). The fourth-order valence-corrected chi connectivity index (χ4v) is 3.66. The zero-order valence-electron chi connectivity index (χ0n) is 19.4. The molecule has 0 saturated carbocycles. The Hall–Kier alpha value is -4.06. The lowest BCUT2D eigenvalue weighted by Gasteiger charge is -2.15. The van der Waals surface area contributed by atoms with Crippen molar-refractivity contribution >= 4 is 46.6 Å². The first kappa shape index (κ1) is 26.5. The predicted molar refractivity (Wildman–Crippen MR) is 138 cm³/mol. The summed E-state index contributed by atoms with van der Waals surface area (Å²) in [6.07, 6.45) is 1.32. The standard InChI is InChI=1S/C26H21Cl2N3O5/c1-3-35-24-12-17(11-22(28)25(24)36-15-18-7-5-4-6-16(18)2)10-19(14-29)26(32)30-23-13-20(31(33)34)8-9-21(23)27/h4-13H,3,15H2,1-2H3,(H,30,32)/b19-10+. The number of ether oxygens (including phenoxy) is 2. The Kier molecular flexibility index (Phi) is 8.90. The number of amides is 1. The second-order valence-electron chi connectivity index (χ2n) is 7.52. The van der Waals surface area contributed by atoms with Gasteiger partial charge in [0, 0.05) is 12.1 Å². The van der Waals surface area contributed by atoms with Gasteiger partial charge in [0.15, 0.2) is 11.5 Å². The molecule has 0 aliphatic carbocycles. The van der Waals surface area contributed by atoms with Crippen molar-refractivity contribution in [1.29, 1.82) is 5.26 Å². The topological polar surface area (TPSA) is 114 Å². The minimum atomic E-state index is -0.797. The van der Waals surface area contributed by atoms with Crippen LogP contribution in [0.25, 0.3) is 6.08 Å². The molecule has 0 aromatic heterocycles. The van der Waals surface area contributed by atoms with E-state index in [1.807, 2.05) is 37.3 Å². The van der Waals surface area contributed by atoms with E-state index in [-0.39, 0.29) is 33.6 Å². The lowest BCUT2D eigenvalue weighted by molar-refractivity contribution is -0.384. The molecule has 0 fully saturated rings. The van der Waals surface area contributed by atoms with E-state index in [4.69, 9.17) is 32.7 Å². The third-order valence-corrected chi connectivity index (χ3v) is 5.66. The molecule has 0 unspecified atom stereocenters. The summed E-state index contributed by atoms with van der Waals surface area (Å²) in [5, 5.41) is 23.3. The summed E-state index contributed by atoms with van der Waals surface area (Å²) in [6, 6.07) is 16.4. The fourth-order valence-electron chi connectivity index (χ4n) is 3.22. The van der Waals surface area contributed by atoms with E-state index in [1.54, 1.807) is 19.1 Å². The minimum absolute atomic E-state index is 0.00464. The average molecular weight is 526 g/mol. The van der Waals surface area contributed by atoms with Gasteiger partial charge in [-0.15, -0.1) is 0 Å². The SMILES string of the molecule is CCOc1cc(/C=C(\C#N)C(=O)Nc2cc([N+](=O)[O-])ccc2Cl)cc(Cl)c1OCc1ccccc1C. The van der Waals surface area contributed by atoms with Crippen LogP contribution >= 0.6 is 23.2 Å². The first-order valence-electron chi connectivity index (χ1n) is 10.7. The summed E-state index contributed by atoms with van der Waals surface area (Å²) in [6.45, 7) is 4.39. The number of nitrogens with zero attached hydrogens (tertiary/aromatic N) is 2. The molecule has 0 spiro atoms. The summed E-state index contributed by atoms with van der Waals surface area (Å²) < 4.78 is 11.6. The van der Waals surface area contributed by atoms with Gasteiger partial charge in [-0.25, -0.2) is 0 Å². The van der Waals surface area contributed by atoms with Crippen LogP contribution in [-0.2, 0) is 11.4 Å². The van der Waals surface area contributed by atoms with Crippen molar-refractivity contribution in [3.63, 3.8) is 0 Å². The number of halogens is 2. The van der Waals surface area contributed by atoms with Crippen LogP contribution in [-0.4, -0.2) is 17.4 Å². The second-order valence-corrected chi connectivity index (χ2v) is 8.34. The molecule has 36 heavy (non-hydrogen) atoms. The number of nitrogens with one attached hydrogen (secondary N) is 1. The number of benzene rings is 3. The normalized spacial score (nSPS) is 10.9. The number of anilines is 1. The van der Waals surface area contributed by atoms with Gasteiger partial charge in [-0.3, -0.25) is 14.9 Å². The Morgan fingerprint density at radius 3 is 2.56 bits per heavy atom. The van der Waals surface area contributed by atoms with E-state index >= 15 is 0 Å². The number of hydrogen-bond acceptors (Lipinski definition) is 6. The van der Waals surface area contributed by atoms with Crippen LogP contribution in [0, 0.1) is 28.4 Å². The number of nitro benzene ring substituents is 1. The molecule has 0 heterocycles. The highest BCUT2D eigenvalue weighted by atomic mass is 35.5. The highest BCUT2D eigenvalue weighted by Gasteiger charge is 2.17. The molecular formula is C26H21Cl2N3O5. The summed E-state index contributed by atoms with van der Waals surface area (Å²) in [7, 11) is 0. The molecule has 0 atom stereocenters. The van der Waals surface area contributed by atoms with Crippen LogP contribution in [0.5, 0.6) is 11.5 Å². The Bertz CT molecular complexity index is 1380. The molecule has 184 valence electrons. The van der Waals surface area contributed by atoms with Crippen LogP contribution in [0.15, 0.2) is 60.2 Å². The third-order valence-electron chi connectivity index (χ3n) is 5.05. The monoisotopic (exact) mass is 525 g/mol. The molecular weight excluding hydrogens is 505 g/mol. The molecule has 0 aliphatic heterocycles. The highest BCUT2D eigenvalue weighted by molar-refractivity contribution is 6.34. The van der Waals surface area contributed by atoms with Crippen molar-refractivity contribution in [3.05, 3.63) is 97.0 Å². The van der Waals surface area contributed by atoms with Gasteiger partial charge in [0.1, 0.15) is 18.2 Å². The molecule has 8 nitrogen and oxygen atoms in total. The molecule has 10 heteroatoms. The number of carbonyl (C=O) groups excluding carboxylic acids is 1. The molecule has 3 aromatic carbocycles. The zero-order valence-corrected chi connectivity index (χ0v) is 20.9. The van der Waals surface area contributed by atoms with E-state index in [1.165, 1.54) is 18.2 Å². The smallest absolute Gasteiger partial charge is 0.271 e. The van der Waals surface area contributed by atoms with Crippen molar-refractivity contribution in [3.8, 4) is 17.6 Å². The van der Waals surface area contributed by atoms with Gasteiger partial charge in [-0.05, 0) is 54.8 Å². The lowest BCUT2D eigenvalue weighted by Crippen LogP contribution is -2.14. The van der Waals surface area contributed by atoms with Crippen LogP contribution in [0.2, 0.25) is 10.0 Å². The van der Waals surface area contributed by atoms with Crippen molar-refractivity contribution in [2.24, 2.45) is 0 Å². The molecule has 0 aliphatic rings. The molecule has 1 N–H and O–H groups in total. The van der Waals surface area contributed by atoms with Gasteiger partial charge in [-0.1, -0.05) is 47.5 Å². The molecule has 1 amide bonds.